The molecule has 29 heavy (non-hydrogen) atoms. The van der Waals surface area contributed by atoms with Crippen molar-refractivity contribution < 1.29 is 4.79 Å². The molecule has 0 radical (unpaired) electrons. The summed E-state index contributed by atoms with van der Waals surface area (Å²) in [5.74, 6) is -0.0943. The Hall–Kier alpha value is -2.57. The lowest BCUT2D eigenvalue weighted by atomic mass is 10.1. The van der Waals surface area contributed by atoms with Gasteiger partial charge in [-0.1, -0.05) is 44.2 Å². The summed E-state index contributed by atoms with van der Waals surface area (Å²) in [6.07, 6.45) is 1.13. The maximum atomic E-state index is 12.8. The Morgan fingerprint density at radius 3 is 2.21 bits per heavy atom. The highest BCUT2D eigenvalue weighted by Crippen LogP contribution is 2.16. The van der Waals surface area contributed by atoms with E-state index in [9.17, 15) is 9.59 Å². The monoisotopic (exact) mass is 416 g/mol. The molecule has 0 spiro atoms. The number of imidazole rings is 1. The Morgan fingerprint density at radius 2 is 1.55 bits per heavy atom. The average molecular weight is 417 g/mol. The van der Waals surface area contributed by atoms with Crippen molar-refractivity contribution in [1.82, 2.24) is 14.5 Å². The third kappa shape index (κ3) is 5.28. The van der Waals surface area contributed by atoms with Gasteiger partial charge in [-0.2, -0.15) is 0 Å². The topological polar surface area (TPSA) is 68.1 Å². The predicted octanol–water partition coefficient (Wildman–Crippen LogP) is 3.77. The van der Waals surface area contributed by atoms with Crippen LogP contribution >= 0.6 is 12.4 Å². The molecule has 0 saturated carbocycles. The minimum Gasteiger partial charge on any atom is -0.326 e. The Kier molecular flexibility index (Phi) is 8.49. The number of carbonyl (C=O) groups excluding carboxylic acids is 1. The van der Waals surface area contributed by atoms with E-state index in [1.165, 1.54) is 0 Å². The fourth-order valence-corrected chi connectivity index (χ4v) is 3.41. The van der Waals surface area contributed by atoms with Crippen molar-refractivity contribution in [1.29, 1.82) is 0 Å². The van der Waals surface area contributed by atoms with Gasteiger partial charge in [0.05, 0.1) is 11.0 Å². The number of amides is 1. The summed E-state index contributed by atoms with van der Waals surface area (Å²) in [5, 5.41) is 6.27. The number of carbonyl (C=O) groups is 1. The zero-order chi connectivity index (χ0) is 19.9. The summed E-state index contributed by atoms with van der Waals surface area (Å²) < 4.78 is 3.49. The Morgan fingerprint density at radius 1 is 0.931 bits per heavy atom. The van der Waals surface area contributed by atoms with Crippen LogP contribution in [0.4, 0.5) is 5.69 Å². The second kappa shape index (κ2) is 10.8. The van der Waals surface area contributed by atoms with Gasteiger partial charge in [-0.3, -0.25) is 13.9 Å². The summed E-state index contributed by atoms with van der Waals surface area (Å²) in [4.78, 5) is 25.3. The summed E-state index contributed by atoms with van der Waals surface area (Å²) in [7, 11) is 0. The van der Waals surface area contributed by atoms with Crippen molar-refractivity contribution in [3.05, 3.63) is 64.6 Å². The molecular weight excluding hydrogens is 388 g/mol. The number of aryl methyl sites for hydroxylation is 2. The first kappa shape index (κ1) is 22.7. The Bertz CT molecular complexity index is 1010. The molecule has 0 aliphatic heterocycles. The predicted molar refractivity (Wildman–Crippen MR) is 121 cm³/mol. The molecule has 3 aromatic rings. The van der Waals surface area contributed by atoms with Gasteiger partial charge in [0, 0.05) is 31.7 Å². The molecule has 1 aromatic heterocycles. The summed E-state index contributed by atoms with van der Waals surface area (Å²) >= 11 is 0. The maximum absolute atomic E-state index is 12.8. The van der Waals surface area contributed by atoms with Gasteiger partial charge in [0.15, 0.2) is 0 Å². The molecule has 1 heterocycles. The molecule has 0 saturated heterocycles. The molecule has 3 rings (SSSR count). The molecular formula is C22H29ClN4O2. The summed E-state index contributed by atoms with van der Waals surface area (Å²) in [5.41, 5.74) is 3.61. The highest BCUT2D eigenvalue weighted by molar-refractivity contribution is 5.91. The summed E-state index contributed by atoms with van der Waals surface area (Å²) in [6, 6.07) is 15.5. The van der Waals surface area contributed by atoms with Crippen LogP contribution in [0.25, 0.3) is 11.0 Å². The molecule has 1 amide bonds. The molecule has 0 aliphatic rings. The van der Waals surface area contributed by atoms with E-state index in [2.05, 4.69) is 17.6 Å². The van der Waals surface area contributed by atoms with Crippen LogP contribution in [0.1, 0.15) is 32.3 Å². The molecule has 2 aromatic carbocycles. The van der Waals surface area contributed by atoms with E-state index < -0.39 is 0 Å². The third-order valence-electron chi connectivity index (χ3n) is 4.79. The minimum atomic E-state index is -0.0943. The minimum absolute atomic E-state index is 0. The zero-order valence-electron chi connectivity index (χ0n) is 17.0. The van der Waals surface area contributed by atoms with Gasteiger partial charge in [-0.15, -0.1) is 12.4 Å². The highest BCUT2D eigenvalue weighted by atomic mass is 35.5. The lowest BCUT2D eigenvalue weighted by Gasteiger charge is -2.11. The number of aromatic nitrogens is 2. The quantitative estimate of drug-likeness (QED) is 0.557. The van der Waals surface area contributed by atoms with Gasteiger partial charge in [0.25, 0.3) is 0 Å². The van der Waals surface area contributed by atoms with Crippen LogP contribution in [-0.4, -0.2) is 21.6 Å². The van der Waals surface area contributed by atoms with E-state index in [-0.39, 0.29) is 30.4 Å². The third-order valence-corrected chi connectivity index (χ3v) is 4.79. The molecule has 156 valence electrons. The van der Waals surface area contributed by atoms with E-state index in [0.29, 0.717) is 19.6 Å². The fraction of sp³-hybridized carbons (Fsp3) is 0.364. The zero-order valence-corrected chi connectivity index (χ0v) is 17.8. The van der Waals surface area contributed by atoms with E-state index in [0.717, 1.165) is 35.2 Å². The van der Waals surface area contributed by atoms with E-state index in [4.69, 9.17) is 0 Å². The number of fused-ring (bicyclic) bond motifs is 1. The number of hydrogen-bond acceptors (Lipinski definition) is 3. The van der Waals surface area contributed by atoms with E-state index in [1.807, 2.05) is 55.5 Å². The maximum Gasteiger partial charge on any atom is 0.329 e. The van der Waals surface area contributed by atoms with Crippen molar-refractivity contribution >= 4 is 35.0 Å². The molecule has 0 fully saturated rings. The largest absolute Gasteiger partial charge is 0.329 e. The van der Waals surface area contributed by atoms with Crippen molar-refractivity contribution in [2.75, 3.05) is 11.9 Å². The number of nitrogens with one attached hydrogen (secondary N) is 2. The van der Waals surface area contributed by atoms with Crippen LogP contribution in [-0.2, 0) is 24.4 Å². The van der Waals surface area contributed by atoms with E-state index in [1.54, 1.807) is 9.13 Å². The summed E-state index contributed by atoms with van der Waals surface area (Å²) in [6.45, 7) is 6.71. The van der Waals surface area contributed by atoms with Crippen molar-refractivity contribution in [3.8, 4) is 0 Å². The van der Waals surface area contributed by atoms with Crippen molar-refractivity contribution in [2.24, 2.45) is 0 Å². The molecule has 6 nitrogen and oxygen atoms in total. The van der Waals surface area contributed by atoms with Crippen molar-refractivity contribution in [3.63, 3.8) is 0 Å². The number of hydrogen-bond donors (Lipinski definition) is 2. The fourth-order valence-electron chi connectivity index (χ4n) is 3.41. The molecule has 7 heteroatoms. The SMILES string of the molecule is CCCn1c(=O)n(CCC(=O)Nc2ccccc2CNCC)c2ccccc21.Cl. The number of para-hydroxylation sites is 3. The van der Waals surface area contributed by atoms with Crippen LogP contribution in [0.5, 0.6) is 0 Å². The van der Waals surface area contributed by atoms with Crippen LogP contribution < -0.4 is 16.3 Å². The first-order valence-electron chi connectivity index (χ1n) is 9.92. The molecule has 0 aliphatic carbocycles. The first-order chi connectivity index (χ1) is 13.7. The van der Waals surface area contributed by atoms with Crippen LogP contribution in [0.3, 0.4) is 0 Å². The standard InChI is InChI=1S/C22H28N4O2.ClH/c1-3-14-25-19-11-7-8-12-20(19)26(22(25)28)15-13-21(27)24-18-10-6-5-9-17(18)16-23-4-2;/h5-12,23H,3-4,13-16H2,1-2H3,(H,24,27);1H. The molecule has 2 N–H and O–H groups in total. The van der Waals surface area contributed by atoms with Crippen molar-refractivity contribution in [2.45, 2.75) is 46.3 Å². The van der Waals surface area contributed by atoms with Gasteiger partial charge in [-0.05, 0) is 36.7 Å². The number of rotatable bonds is 9. The van der Waals surface area contributed by atoms with Crippen LogP contribution in [0.2, 0.25) is 0 Å². The lowest BCUT2D eigenvalue weighted by molar-refractivity contribution is -0.116. The van der Waals surface area contributed by atoms with E-state index >= 15 is 0 Å². The first-order valence-corrected chi connectivity index (χ1v) is 9.92. The van der Waals surface area contributed by atoms with Gasteiger partial charge in [0.1, 0.15) is 0 Å². The Labute approximate surface area is 177 Å². The Balaban J connectivity index is 0.00000300. The van der Waals surface area contributed by atoms with Crippen LogP contribution in [0.15, 0.2) is 53.3 Å². The van der Waals surface area contributed by atoms with Gasteiger partial charge >= 0.3 is 5.69 Å². The molecule has 0 atom stereocenters. The van der Waals surface area contributed by atoms with Gasteiger partial charge < -0.3 is 10.6 Å². The molecule has 0 bridgehead atoms. The smallest absolute Gasteiger partial charge is 0.326 e. The number of nitrogens with zero attached hydrogens (tertiary/aromatic N) is 2. The molecule has 0 unspecified atom stereocenters. The van der Waals surface area contributed by atoms with Gasteiger partial charge in [-0.25, -0.2) is 4.79 Å². The number of halogens is 1. The second-order valence-corrected chi connectivity index (χ2v) is 6.81. The number of anilines is 1. The lowest BCUT2D eigenvalue weighted by Crippen LogP contribution is -2.26. The normalized spacial score (nSPS) is 10.7. The van der Waals surface area contributed by atoms with Gasteiger partial charge in [0.2, 0.25) is 5.91 Å². The second-order valence-electron chi connectivity index (χ2n) is 6.81. The highest BCUT2D eigenvalue weighted by Gasteiger charge is 2.14. The number of benzene rings is 2. The van der Waals surface area contributed by atoms with Crippen LogP contribution in [0, 0.1) is 0 Å². The average Bonchev–Trinajstić information content (AvgIpc) is 2.97.